The van der Waals surface area contributed by atoms with Crippen LogP contribution in [-0.4, -0.2) is 38.6 Å². The van der Waals surface area contributed by atoms with Gasteiger partial charge in [0.05, 0.1) is 14.2 Å². The Morgan fingerprint density at radius 3 is 2.04 bits per heavy atom. The Balaban J connectivity index is 2.04. The second-order valence-corrected chi connectivity index (χ2v) is 5.25. The van der Waals surface area contributed by atoms with Crippen LogP contribution in [0, 0.1) is 0 Å². The lowest BCUT2D eigenvalue weighted by Gasteiger charge is -2.10. The number of rotatable bonds is 8. The smallest absolute Gasteiger partial charge is 0.123 e. The van der Waals surface area contributed by atoms with Gasteiger partial charge in [0.15, 0.2) is 0 Å². The molecule has 2 aromatic rings. The lowest BCUT2D eigenvalue weighted by Crippen LogP contribution is -2.26. The molecule has 1 unspecified atom stereocenters. The lowest BCUT2D eigenvalue weighted by molar-refractivity contribution is 0.114. The van der Waals surface area contributed by atoms with Gasteiger partial charge in [-0.3, -0.25) is 0 Å². The fourth-order valence-electron chi connectivity index (χ4n) is 2.05. The van der Waals surface area contributed by atoms with Gasteiger partial charge in [0.2, 0.25) is 0 Å². The summed E-state index contributed by atoms with van der Waals surface area (Å²) in [5.74, 6) is 2.19. The first-order chi connectivity index (χ1) is 11.6. The fraction of sp³-hybridized carbons (Fsp3) is 0.263. The minimum atomic E-state index is -0.646. The number of aliphatic hydroxyl groups excluding tert-OH is 1. The van der Waals surface area contributed by atoms with Gasteiger partial charge in [-0.15, -0.1) is 0 Å². The van der Waals surface area contributed by atoms with Gasteiger partial charge in [0.1, 0.15) is 30.0 Å². The van der Waals surface area contributed by atoms with E-state index < -0.39 is 6.10 Å². The zero-order chi connectivity index (χ0) is 17.4. The highest BCUT2D eigenvalue weighted by Crippen LogP contribution is 2.24. The maximum absolute atomic E-state index is 9.39. The Hall–Kier alpha value is -2.50. The summed E-state index contributed by atoms with van der Waals surface area (Å²) in [6.45, 7) is 0.375. The van der Waals surface area contributed by atoms with E-state index in [-0.39, 0.29) is 13.2 Å². The second-order valence-electron chi connectivity index (χ2n) is 5.25. The SMILES string of the molecule is COc1cc(C=Cc2ccc(OCC(O)CN)cc2)cc(OC)c1. The zero-order valence-electron chi connectivity index (χ0n) is 13.9. The standard InChI is InChI=1S/C19H23NO4/c1-22-18-9-15(10-19(11-18)23-2)4-3-14-5-7-17(8-6-14)24-13-16(21)12-20/h3-11,16,21H,12-13,20H2,1-2H3. The molecular formula is C19H23NO4. The lowest BCUT2D eigenvalue weighted by atomic mass is 10.1. The summed E-state index contributed by atoms with van der Waals surface area (Å²) in [5.41, 5.74) is 7.35. The third-order valence-electron chi connectivity index (χ3n) is 3.44. The minimum Gasteiger partial charge on any atom is -0.497 e. The molecule has 0 fully saturated rings. The fourth-order valence-corrected chi connectivity index (χ4v) is 2.05. The number of ether oxygens (including phenoxy) is 3. The molecule has 2 rings (SSSR count). The van der Waals surface area contributed by atoms with E-state index in [1.54, 1.807) is 14.2 Å². The molecule has 0 radical (unpaired) electrons. The van der Waals surface area contributed by atoms with Crippen molar-refractivity contribution in [2.45, 2.75) is 6.10 Å². The van der Waals surface area contributed by atoms with Gasteiger partial charge in [-0.2, -0.15) is 0 Å². The molecule has 2 aromatic carbocycles. The molecule has 0 heterocycles. The van der Waals surface area contributed by atoms with Crippen LogP contribution in [0.5, 0.6) is 17.2 Å². The van der Waals surface area contributed by atoms with Gasteiger partial charge in [0.25, 0.3) is 0 Å². The molecule has 0 bridgehead atoms. The number of hydrogen-bond donors (Lipinski definition) is 2. The highest BCUT2D eigenvalue weighted by atomic mass is 16.5. The maximum Gasteiger partial charge on any atom is 0.123 e. The average molecular weight is 329 g/mol. The van der Waals surface area contributed by atoms with Crippen molar-refractivity contribution in [1.82, 2.24) is 0 Å². The normalized spacial score (nSPS) is 12.2. The first-order valence-corrected chi connectivity index (χ1v) is 7.66. The molecule has 0 amide bonds. The van der Waals surface area contributed by atoms with E-state index in [2.05, 4.69) is 0 Å². The topological polar surface area (TPSA) is 73.9 Å². The molecule has 0 aliphatic rings. The predicted molar refractivity (Wildman–Crippen MR) is 95.5 cm³/mol. The van der Waals surface area contributed by atoms with Gasteiger partial charge in [0, 0.05) is 12.6 Å². The molecule has 0 saturated heterocycles. The van der Waals surface area contributed by atoms with E-state index in [0.717, 1.165) is 22.6 Å². The Morgan fingerprint density at radius 2 is 1.50 bits per heavy atom. The second kappa shape index (κ2) is 8.96. The highest BCUT2D eigenvalue weighted by Gasteiger charge is 2.02. The van der Waals surface area contributed by atoms with Crippen molar-refractivity contribution in [3.05, 3.63) is 53.6 Å². The number of nitrogens with two attached hydrogens (primary N) is 1. The van der Waals surface area contributed by atoms with E-state index in [0.29, 0.717) is 5.75 Å². The monoisotopic (exact) mass is 329 g/mol. The molecule has 1 atom stereocenters. The Labute approximate surface area is 142 Å². The molecule has 5 nitrogen and oxygen atoms in total. The molecular weight excluding hydrogens is 306 g/mol. The van der Waals surface area contributed by atoms with Crippen LogP contribution in [0.3, 0.4) is 0 Å². The summed E-state index contributed by atoms with van der Waals surface area (Å²) in [5, 5.41) is 9.39. The van der Waals surface area contributed by atoms with E-state index in [1.807, 2.05) is 54.6 Å². The van der Waals surface area contributed by atoms with E-state index in [4.69, 9.17) is 19.9 Å². The predicted octanol–water partition coefficient (Wildman–Crippen LogP) is 2.57. The van der Waals surface area contributed by atoms with Gasteiger partial charge in [-0.1, -0.05) is 24.3 Å². The van der Waals surface area contributed by atoms with Crippen molar-refractivity contribution in [1.29, 1.82) is 0 Å². The third kappa shape index (κ3) is 5.30. The van der Waals surface area contributed by atoms with Crippen LogP contribution in [0.1, 0.15) is 11.1 Å². The molecule has 0 aliphatic heterocycles. The van der Waals surface area contributed by atoms with Crippen LogP contribution in [0.2, 0.25) is 0 Å². The van der Waals surface area contributed by atoms with Crippen molar-refractivity contribution >= 4 is 12.2 Å². The Kier molecular flexibility index (Phi) is 6.66. The van der Waals surface area contributed by atoms with Crippen molar-refractivity contribution < 1.29 is 19.3 Å². The number of hydrogen-bond acceptors (Lipinski definition) is 5. The highest BCUT2D eigenvalue weighted by molar-refractivity contribution is 5.71. The largest absolute Gasteiger partial charge is 0.497 e. The van der Waals surface area contributed by atoms with Crippen molar-refractivity contribution in [2.75, 3.05) is 27.4 Å². The zero-order valence-corrected chi connectivity index (χ0v) is 13.9. The summed E-state index contributed by atoms with van der Waals surface area (Å²) < 4.78 is 16.0. The maximum atomic E-state index is 9.39. The Bertz CT molecular complexity index is 645. The van der Waals surface area contributed by atoms with Crippen molar-refractivity contribution in [2.24, 2.45) is 5.73 Å². The van der Waals surface area contributed by atoms with Crippen LogP contribution < -0.4 is 19.9 Å². The molecule has 3 N–H and O–H groups in total. The summed E-state index contributed by atoms with van der Waals surface area (Å²) >= 11 is 0. The first-order valence-electron chi connectivity index (χ1n) is 7.66. The van der Waals surface area contributed by atoms with Crippen LogP contribution >= 0.6 is 0 Å². The van der Waals surface area contributed by atoms with Gasteiger partial charge in [-0.05, 0) is 35.4 Å². The van der Waals surface area contributed by atoms with Gasteiger partial charge in [-0.25, -0.2) is 0 Å². The van der Waals surface area contributed by atoms with Crippen LogP contribution in [0.15, 0.2) is 42.5 Å². The quantitative estimate of drug-likeness (QED) is 0.728. The van der Waals surface area contributed by atoms with Crippen molar-refractivity contribution in [3.63, 3.8) is 0 Å². The van der Waals surface area contributed by atoms with E-state index in [9.17, 15) is 5.11 Å². The van der Waals surface area contributed by atoms with Crippen LogP contribution in [0.4, 0.5) is 0 Å². The molecule has 5 heteroatoms. The summed E-state index contributed by atoms with van der Waals surface area (Å²) in [7, 11) is 3.26. The molecule has 128 valence electrons. The van der Waals surface area contributed by atoms with Crippen molar-refractivity contribution in [3.8, 4) is 17.2 Å². The van der Waals surface area contributed by atoms with Crippen LogP contribution in [0.25, 0.3) is 12.2 Å². The summed E-state index contributed by atoms with van der Waals surface area (Å²) in [6, 6.07) is 13.3. The summed E-state index contributed by atoms with van der Waals surface area (Å²) in [6.07, 6.45) is 3.33. The average Bonchev–Trinajstić information content (AvgIpc) is 2.64. The molecule has 24 heavy (non-hydrogen) atoms. The van der Waals surface area contributed by atoms with Crippen LogP contribution in [-0.2, 0) is 0 Å². The molecule has 0 aromatic heterocycles. The number of aliphatic hydroxyl groups is 1. The van der Waals surface area contributed by atoms with Gasteiger partial charge < -0.3 is 25.1 Å². The Morgan fingerprint density at radius 1 is 0.917 bits per heavy atom. The molecule has 0 aliphatic carbocycles. The number of benzene rings is 2. The molecule has 0 saturated carbocycles. The first kappa shape index (κ1) is 17.8. The van der Waals surface area contributed by atoms with E-state index >= 15 is 0 Å². The minimum absolute atomic E-state index is 0.185. The van der Waals surface area contributed by atoms with Gasteiger partial charge >= 0.3 is 0 Å². The molecule has 0 spiro atoms. The number of methoxy groups -OCH3 is 2. The summed E-state index contributed by atoms with van der Waals surface area (Å²) in [4.78, 5) is 0. The third-order valence-corrected chi connectivity index (χ3v) is 3.44. The van der Waals surface area contributed by atoms with E-state index in [1.165, 1.54) is 0 Å².